The van der Waals surface area contributed by atoms with Crippen molar-refractivity contribution < 1.29 is 22.8 Å². The molecule has 30 heavy (non-hydrogen) atoms. The third kappa shape index (κ3) is 3.60. The van der Waals surface area contributed by atoms with E-state index in [1.165, 1.54) is 33.5 Å². The van der Waals surface area contributed by atoms with Crippen molar-refractivity contribution in [1.82, 2.24) is 14.1 Å². The predicted octanol–water partition coefficient (Wildman–Crippen LogP) is 1.47. The van der Waals surface area contributed by atoms with Gasteiger partial charge in [0.2, 0.25) is 15.9 Å². The van der Waals surface area contributed by atoms with Gasteiger partial charge in [0.15, 0.2) is 0 Å². The van der Waals surface area contributed by atoms with Gasteiger partial charge in [-0.1, -0.05) is 23.7 Å². The van der Waals surface area contributed by atoms with E-state index < -0.39 is 27.7 Å². The molecule has 2 aromatic carbocycles. The second-order valence-corrected chi connectivity index (χ2v) is 9.36. The second kappa shape index (κ2) is 7.82. The Morgan fingerprint density at radius 2 is 1.40 bits per heavy atom. The number of fused-ring (bicyclic) bond motifs is 1. The molecule has 2 aromatic rings. The van der Waals surface area contributed by atoms with Crippen molar-refractivity contribution >= 4 is 39.3 Å². The lowest BCUT2D eigenvalue weighted by atomic mass is 10.1. The number of carbonyl (C=O) groups is 3. The highest BCUT2D eigenvalue weighted by Crippen LogP contribution is 2.23. The topological polar surface area (TPSA) is 95.1 Å². The zero-order valence-electron chi connectivity index (χ0n) is 15.8. The summed E-state index contributed by atoms with van der Waals surface area (Å²) < 4.78 is 26.8. The van der Waals surface area contributed by atoms with E-state index in [0.29, 0.717) is 5.02 Å². The number of piperazine rings is 1. The second-order valence-electron chi connectivity index (χ2n) is 6.98. The van der Waals surface area contributed by atoms with Gasteiger partial charge >= 0.3 is 0 Å². The molecule has 0 radical (unpaired) electrons. The molecule has 0 saturated carbocycles. The molecule has 2 heterocycles. The molecule has 10 heteroatoms. The highest BCUT2D eigenvalue weighted by atomic mass is 35.5. The number of nitrogens with zero attached hydrogens (tertiary/aromatic N) is 3. The Hall–Kier alpha value is -2.75. The number of rotatable bonds is 4. The van der Waals surface area contributed by atoms with Gasteiger partial charge in [0, 0.05) is 31.2 Å². The number of carbonyl (C=O) groups excluding carboxylic acids is 3. The molecule has 4 rings (SSSR count). The van der Waals surface area contributed by atoms with E-state index in [9.17, 15) is 22.8 Å². The molecule has 0 unspecified atom stereocenters. The van der Waals surface area contributed by atoms with Crippen molar-refractivity contribution in [2.75, 3.05) is 32.7 Å². The minimum absolute atomic E-state index is 0.124. The normalized spacial score (nSPS) is 17.4. The molecule has 0 aromatic heterocycles. The maximum atomic E-state index is 12.7. The van der Waals surface area contributed by atoms with Gasteiger partial charge in [0.05, 0.1) is 16.0 Å². The highest BCUT2D eigenvalue weighted by molar-refractivity contribution is 7.89. The quantitative estimate of drug-likeness (QED) is 0.661. The monoisotopic (exact) mass is 447 g/mol. The van der Waals surface area contributed by atoms with E-state index in [-0.39, 0.29) is 48.7 Å². The van der Waals surface area contributed by atoms with Crippen molar-refractivity contribution in [3.8, 4) is 0 Å². The van der Waals surface area contributed by atoms with Crippen LogP contribution in [0.2, 0.25) is 5.02 Å². The number of hydrogen-bond acceptors (Lipinski definition) is 5. The minimum atomic E-state index is -3.69. The molecule has 0 bridgehead atoms. The van der Waals surface area contributed by atoms with E-state index in [1.807, 2.05) is 0 Å². The molecule has 3 amide bonds. The van der Waals surface area contributed by atoms with Gasteiger partial charge in [-0.25, -0.2) is 8.42 Å². The van der Waals surface area contributed by atoms with Gasteiger partial charge in [-0.2, -0.15) is 4.31 Å². The molecule has 2 aliphatic rings. The fourth-order valence-electron chi connectivity index (χ4n) is 3.55. The van der Waals surface area contributed by atoms with Crippen LogP contribution in [-0.2, 0) is 14.8 Å². The summed E-state index contributed by atoms with van der Waals surface area (Å²) in [5.41, 5.74) is 0.573. The molecule has 1 saturated heterocycles. The SMILES string of the molecule is O=C(CN1C(=O)c2ccccc2C1=O)N1CCN(S(=O)(=O)c2ccc(Cl)cc2)CC1. The molecular formula is C20H18ClN3O5S. The summed E-state index contributed by atoms with van der Waals surface area (Å²) >= 11 is 5.82. The maximum absolute atomic E-state index is 12.7. The molecule has 1 fully saturated rings. The van der Waals surface area contributed by atoms with E-state index in [1.54, 1.807) is 24.3 Å². The molecule has 0 N–H and O–H groups in total. The zero-order valence-corrected chi connectivity index (χ0v) is 17.4. The van der Waals surface area contributed by atoms with E-state index in [2.05, 4.69) is 0 Å². The van der Waals surface area contributed by atoms with Gasteiger partial charge in [-0.05, 0) is 36.4 Å². The summed E-state index contributed by atoms with van der Waals surface area (Å²) in [5.74, 6) is -1.38. The summed E-state index contributed by atoms with van der Waals surface area (Å²) in [7, 11) is -3.69. The molecule has 8 nitrogen and oxygen atoms in total. The van der Waals surface area contributed by atoms with Crippen LogP contribution >= 0.6 is 11.6 Å². The Labute approximate surface area is 178 Å². The molecular weight excluding hydrogens is 430 g/mol. The van der Waals surface area contributed by atoms with Crippen LogP contribution in [0.5, 0.6) is 0 Å². The highest BCUT2D eigenvalue weighted by Gasteiger charge is 2.38. The largest absolute Gasteiger partial charge is 0.338 e. The maximum Gasteiger partial charge on any atom is 0.262 e. The third-order valence-electron chi connectivity index (χ3n) is 5.21. The first-order valence-corrected chi connectivity index (χ1v) is 11.1. The van der Waals surface area contributed by atoms with Crippen LogP contribution < -0.4 is 0 Å². The van der Waals surface area contributed by atoms with Crippen LogP contribution in [0.4, 0.5) is 0 Å². The third-order valence-corrected chi connectivity index (χ3v) is 7.38. The van der Waals surface area contributed by atoms with E-state index in [4.69, 9.17) is 11.6 Å². The molecule has 0 atom stereocenters. The van der Waals surface area contributed by atoms with Crippen molar-refractivity contribution in [1.29, 1.82) is 0 Å². The summed E-state index contributed by atoms with van der Waals surface area (Å²) in [6.07, 6.45) is 0. The van der Waals surface area contributed by atoms with Gasteiger partial charge in [0.1, 0.15) is 6.54 Å². The zero-order chi connectivity index (χ0) is 21.5. The van der Waals surface area contributed by atoms with E-state index in [0.717, 1.165) is 4.90 Å². The van der Waals surface area contributed by atoms with Crippen LogP contribution in [0.1, 0.15) is 20.7 Å². The van der Waals surface area contributed by atoms with Crippen LogP contribution in [-0.4, -0.2) is 73.0 Å². The lowest BCUT2D eigenvalue weighted by Gasteiger charge is -2.34. The fraction of sp³-hybridized carbons (Fsp3) is 0.250. The predicted molar refractivity (Wildman–Crippen MR) is 109 cm³/mol. The minimum Gasteiger partial charge on any atom is -0.338 e. The van der Waals surface area contributed by atoms with Crippen molar-refractivity contribution in [2.45, 2.75) is 4.90 Å². The van der Waals surface area contributed by atoms with E-state index >= 15 is 0 Å². The van der Waals surface area contributed by atoms with Gasteiger partial charge in [-0.3, -0.25) is 19.3 Å². The summed E-state index contributed by atoms with van der Waals surface area (Å²) in [6.45, 7) is 0.234. The van der Waals surface area contributed by atoms with Gasteiger partial charge in [0.25, 0.3) is 11.8 Å². The number of amides is 3. The molecule has 0 spiro atoms. The first kappa shape index (κ1) is 20.5. The first-order chi connectivity index (χ1) is 14.3. The van der Waals surface area contributed by atoms with Gasteiger partial charge in [-0.15, -0.1) is 0 Å². The number of benzene rings is 2. The number of imide groups is 1. The molecule has 156 valence electrons. The van der Waals surface area contributed by atoms with Crippen LogP contribution in [0.25, 0.3) is 0 Å². The van der Waals surface area contributed by atoms with Crippen molar-refractivity contribution in [3.05, 3.63) is 64.7 Å². The summed E-state index contributed by atoms with van der Waals surface area (Å²) in [6, 6.07) is 12.3. The average molecular weight is 448 g/mol. The lowest BCUT2D eigenvalue weighted by molar-refractivity contribution is -0.132. The average Bonchev–Trinajstić information content (AvgIpc) is 2.99. The van der Waals surface area contributed by atoms with Crippen molar-refractivity contribution in [2.24, 2.45) is 0 Å². The number of halogens is 1. The Morgan fingerprint density at radius 1 is 0.867 bits per heavy atom. The number of hydrogen-bond donors (Lipinski definition) is 0. The van der Waals surface area contributed by atoms with Crippen molar-refractivity contribution in [3.63, 3.8) is 0 Å². The Balaban J connectivity index is 1.39. The first-order valence-electron chi connectivity index (χ1n) is 9.28. The fourth-order valence-corrected chi connectivity index (χ4v) is 5.10. The van der Waals surface area contributed by atoms with Crippen LogP contribution in [0.15, 0.2) is 53.4 Å². The van der Waals surface area contributed by atoms with Crippen LogP contribution in [0, 0.1) is 0 Å². The smallest absolute Gasteiger partial charge is 0.262 e. The molecule has 0 aliphatic carbocycles. The summed E-state index contributed by atoms with van der Waals surface area (Å²) in [4.78, 5) is 40.1. The standard InChI is InChI=1S/C20H18ClN3O5S/c21-14-5-7-15(8-6-14)30(28,29)23-11-9-22(10-12-23)18(25)13-24-19(26)16-3-1-2-4-17(16)20(24)27/h1-8H,9-13H2. The summed E-state index contributed by atoms with van der Waals surface area (Å²) in [5, 5.41) is 0.442. The Morgan fingerprint density at radius 3 is 1.93 bits per heavy atom. The van der Waals surface area contributed by atoms with Crippen LogP contribution in [0.3, 0.4) is 0 Å². The lowest BCUT2D eigenvalue weighted by Crippen LogP contribution is -2.53. The number of sulfonamides is 1. The van der Waals surface area contributed by atoms with Gasteiger partial charge < -0.3 is 4.90 Å². The molecule has 2 aliphatic heterocycles. The Kier molecular flexibility index (Phi) is 5.35. The Bertz CT molecular complexity index is 1090.